The lowest BCUT2D eigenvalue weighted by atomic mass is 9.98. The largest absolute Gasteiger partial charge is 0.309 e. The molecule has 0 spiro atoms. The van der Waals surface area contributed by atoms with Gasteiger partial charge in [-0.1, -0.05) is 113 Å². The summed E-state index contributed by atoms with van der Waals surface area (Å²) >= 11 is 3.72. The average molecular weight is 524 g/mol. The molecule has 0 radical (unpaired) electrons. The summed E-state index contributed by atoms with van der Waals surface area (Å²) in [6.07, 6.45) is 0. The van der Waals surface area contributed by atoms with Crippen molar-refractivity contribution in [3.8, 4) is 27.9 Å². The van der Waals surface area contributed by atoms with Gasteiger partial charge in [0.15, 0.2) is 0 Å². The van der Waals surface area contributed by atoms with E-state index >= 15 is 0 Å². The summed E-state index contributed by atoms with van der Waals surface area (Å²) in [7, 11) is 0. The van der Waals surface area contributed by atoms with E-state index in [1.165, 1.54) is 60.5 Å². The molecule has 1 heterocycles. The quantitative estimate of drug-likeness (QED) is 0.217. The summed E-state index contributed by atoms with van der Waals surface area (Å²) in [5.74, 6) is 0. The third kappa shape index (κ3) is 3.45. The van der Waals surface area contributed by atoms with Crippen LogP contribution < -0.4 is 0 Å². The first kappa shape index (κ1) is 21.2. The van der Waals surface area contributed by atoms with Crippen LogP contribution in [0.3, 0.4) is 0 Å². The van der Waals surface area contributed by atoms with Gasteiger partial charge in [0.25, 0.3) is 0 Å². The van der Waals surface area contributed by atoms with Gasteiger partial charge >= 0.3 is 0 Å². The van der Waals surface area contributed by atoms with Crippen LogP contribution in [0.2, 0.25) is 0 Å². The highest BCUT2D eigenvalue weighted by atomic mass is 79.9. The Labute approximate surface area is 218 Å². The highest BCUT2D eigenvalue weighted by Gasteiger charge is 2.14. The van der Waals surface area contributed by atoms with E-state index in [1.54, 1.807) is 0 Å². The number of aromatic nitrogens is 1. The Morgan fingerprint density at radius 1 is 0.444 bits per heavy atom. The molecular weight excluding hydrogens is 502 g/mol. The SMILES string of the molecule is Brc1ccccc1-c1cccc(-c2ccc3c4ccccc4n(-c4ccc5ccccc5c4)c3c2)c1. The molecule has 0 fully saturated rings. The average Bonchev–Trinajstić information content (AvgIpc) is 3.27. The number of benzene rings is 6. The first-order chi connectivity index (χ1) is 17.8. The summed E-state index contributed by atoms with van der Waals surface area (Å²) in [5, 5.41) is 5.04. The van der Waals surface area contributed by atoms with Gasteiger partial charge in [-0.15, -0.1) is 0 Å². The summed E-state index contributed by atoms with van der Waals surface area (Å²) in [6.45, 7) is 0. The fraction of sp³-hybridized carbons (Fsp3) is 0. The summed E-state index contributed by atoms with van der Waals surface area (Å²) < 4.78 is 3.51. The molecule has 7 aromatic rings. The van der Waals surface area contributed by atoms with Crippen LogP contribution in [0.1, 0.15) is 0 Å². The molecule has 0 amide bonds. The molecule has 7 rings (SSSR count). The van der Waals surface area contributed by atoms with Crippen LogP contribution in [0.5, 0.6) is 0 Å². The van der Waals surface area contributed by atoms with Crippen molar-refractivity contribution in [2.75, 3.05) is 0 Å². The predicted molar refractivity (Wildman–Crippen MR) is 157 cm³/mol. The second kappa shape index (κ2) is 8.51. The van der Waals surface area contributed by atoms with Crippen molar-refractivity contribution in [1.29, 1.82) is 0 Å². The highest BCUT2D eigenvalue weighted by molar-refractivity contribution is 9.10. The lowest BCUT2D eigenvalue weighted by molar-refractivity contribution is 1.19. The number of hydrogen-bond donors (Lipinski definition) is 0. The van der Waals surface area contributed by atoms with Crippen molar-refractivity contribution >= 4 is 48.5 Å². The van der Waals surface area contributed by atoms with E-state index in [0.29, 0.717) is 0 Å². The second-order valence-corrected chi connectivity index (χ2v) is 10.0. The third-order valence-corrected chi connectivity index (χ3v) is 7.74. The first-order valence-electron chi connectivity index (χ1n) is 12.1. The molecule has 0 bridgehead atoms. The van der Waals surface area contributed by atoms with Crippen molar-refractivity contribution in [2.24, 2.45) is 0 Å². The smallest absolute Gasteiger partial charge is 0.0547 e. The Morgan fingerprint density at radius 2 is 1.17 bits per heavy atom. The zero-order chi connectivity index (χ0) is 24.1. The van der Waals surface area contributed by atoms with Gasteiger partial charge in [0.1, 0.15) is 0 Å². The van der Waals surface area contributed by atoms with E-state index in [4.69, 9.17) is 0 Å². The Kier molecular flexibility index (Phi) is 5.00. The predicted octanol–water partition coefficient (Wildman–Crippen LogP) is 10.0. The Morgan fingerprint density at radius 3 is 2.08 bits per heavy atom. The van der Waals surface area contributed by atoms with Crippen LogP contribution in [-0.4, -0.2) is 4.57 Å². The molecular formula is C34H22BrN. The molecule has 6 aromatic carbocycles. The molecule has 36 heavy (non-hydrogen) atoms. The Balaban J connectivity index is 1.45. The van der Waals surface area contributed by atoms with Crippen molar-refractivity contribution in [3.63, 3.8) is 0 Å². The molecule has 1 aromatic heterocycles. The Hall–Kier alpha value is -4.14. The number of fused-ring (bicyclic) bond motifs is 4. The van der Waals surface area contributed by atoms with E-state index in [-0.39, 0.29) is 0 Å². The van der Waals surface area contributed by atoms with Gasteiger partial charge in [-0.05, 0) is 69.4 Å². The topological polar surface area (TPSA) is 4.93 Å². The van der Waals surface area contributed by atoms with Gasteiger partial charge in [0.05, 0.1) is 11.0 Å². The van der Waals surface area contributed by atoms with Crippen LogP contribution in [0.25, 0.3) is 60.5 Å². The molecule has 0 saturated heterocycles. The zero-order valence-corrected chi connectivity index (χ0v) is 21.1. The summed E-state index contributed by atoms with van der Waals surface area (Å²) in [5.41, 5.74) is 8.44. The molecule has 0 saturated carbocycles. The fourth-order valence-electron chi connectivity index (χ4n) is 5.31. The molecule has 0 atom stereocenters. The molecule has 2 heteroatoms. The summed E-state index contributed by atoms with van der Waals surface area (Å²) in [6, 6.07) is 48.0. The lowest BCUT2D eigenvalue weighted by Gasteiger charge is -2.11. The second-order valence-electron chi connectivity index (χ2n) is 9.18. The maximum absolute atomic E-state index is 3.72. The first-order valence-corrected chi connectivity index (χ1v) is 12.9. The molecule has 0 aliphatic rings. The van der Waals surface area contributed by atoms with Crippen LogP contribution >= 0.6 is 15.9 Å². The number of rotatable bonds is 3. The number of halogens is 1. The fourth-order valence-corrected chi connectivity index (χ4v) is 5.82. The maximum atomic E-state index is 3.72. The van der Waals surface area contributed by atoms with Gasteiger partial charge in [-0.2, -0.15) is 0 Å². The third-order valence-electron chi connectivity index (χ3n) is 7.05. The minimum Gasteiger partial charge on any atom is -0.309 e. The van der Waals surface area contributed by atoms with E-state index < -0.39 is 0 Å². The van der Waals surface area contributed by atoms with Crippen molar-refractivity contribution in [1.82, 2.24) is 4.57 Å². The van der Waals surface area contributed by atoms with E-state index in [9.17, 15) is 0 Å². The molecule has 0 aliphatic carbocycles. The van der Waals surface area contributed by atoms with Crippen molar-refractivity contribution in [3.05, 3.63) is 138 Å². The van der Waals surface area contributed by atoms with Crippen LogP contribution in [0.4, 0.5) is 0 Å². The van der Waals surface area contributed by atoms with Crippen LogP contribution in [0, 0.1) is 0 Å². The van der Waals surface area contributed by atoms with E-state index in [1.807, 2.05) is 0 Å². The highest BCUT2D eigenvalue weighted by Crippen LogP contribution is 2.37. The van der Waals surface area contributed by atoms with Crippen molar-refractivity contribution in [2.45, 2.75) is 0 Å². The molecule has 0 aliphatic heterocycles. The minimum absolute atomic E-state index is 1.11. The zero-order valence-electron chi connectivity index (χ0n) is 19.5. The normalized spacial score (nSPS) is 11.5. The minimum atomic E-state index is 1.11. The number of hydrogen-bond acceptors (Lipinski definition) is 0. The van der Waals surface area contributed by atoms with E-state index in [0.717, 1.165) is 4.47 Å². The molecule has 0 N–H and O–H groups in total. The van der Waals surface area contributed by atoms with Crippen LogP contribution in [-0.2, 0) is 0 Å². The van der Waals surface area contributed by atoms with Gasteiger partial charge in [-0.3, -0.25) is 0 Å². The van der Waals surface area contributed by atoms with E-state index in [2.05, 4.69) is 154 Å². The number of nitrogens with zero attached hydrogens (tertiary/aromatic N) is 1. The molecule has 0 unspecified atom stereocenters. The monoisotopic (exact) mass is 523 g/mol. The summed E-state index contributed by atoms with van der Waals surface area (Å²) in [4.78, 5) is 0. The number of para-hydroxylation sites is 1. The van der Waals surface area contributed by atoms with Gasteiger partial charge in [0.2, 0.25) is 0 Å². The lowest BCUT2D eigenvalue weighted by Crippen LogP contribution is -1.94. The maximum Gasteiger partial charge on any atom is 0.0547 e. The van der Waals surface area contributed by atoms with Gasteiger partial charge in [0, 0.05) is 20.9 Å². The Bertz CT molecular complexity index is 1910. The molecule has 170 valence electrons. The van der Waals surface area contributed by atoms with Gasteiger partial charge < -0.3 is 4.57 Å². The van der Waals surface area contributed by atoms with Gasteiger partial charge in [-0.25, -0.2) is 0 Å². The van der Waals surface area contributed by atoms with Crippen molar-refractivity contribution < 1.29 is 0 Å². The molecule has 1 nitrogen and oxygen atoms in total. The standard InChI is InChI=1S/C34H22BrN/c35-32-14-5-3-12-29(32)27-11-7-10-24(20-27)26-17-19-31-30-13-4-6-15-33(30)36(34(31)22-26)28-18-16-23-8-1-2-9-25(23)21-28/h1-22H. The van der Waals surface area contributed by atoms with Crippen LogP contribution in [0.15, 0.2) is 138 Å².